The molecule has 2 aromatic heterocycles. The normalized spacial score (nSPS) is 18.5. The molecule has 0 aromatic carbocycles. The van der Waals surface area contributed by atoms with Crippen molar-refractivity contribution in [3.8, 4) is 0 Å². The zero-order valence-electron chi connectivity index (χ0n) is 12.7. The molecule has 7 heteroatoms. The molecule has 0 aliphatic carbocycles. The highest BCUT2D eigenvalue weighted by Crippen LogP contribution is 2.25. The number of amides is 1. The molecule has 0 unspecified atom stereocenters. The van der Waals surface area contributed by atoms with Gasteiger partial charge in [0.05, 0.1) is 0 Å². The topological polar surface area (TPSA) is 94.7 Å². The van der Waals surface area contributed by atoms with E-state index in [0.717, 1.165) is 24.5 Å². The van der Waals surface area contributed by atoms with Gasteiger partial charge in [-0.1, -0.05) is 0 Å². The maximum Gasteiger partial charge on any atom is 0.254 e. The molecule has 1 saturated heterocycles. The number of hydrogen-bond donors (Lipinski definition) is 2. The van der Waals surface area contributed by atoms with Crippen LogP contribution in [-0.2, 0) is 0 Å². The molecule has 0 spiro atoms. The Hall–Kier alpha value is -2.44. The van der Waals surface area contributed by atoms with Crippen molar-refractivity contribution in [1.29, 1.82) is 0 Å². The number of aromatic amines is 2. The van der Waals surface area contributed by atoms with E-state index in [0.29, 0.717) is 24.3 Å². The van der Waals surface area contributed by atoms with Gasteiger partial charge in [-0.15, -0.1) is 0 Å². The molecule has 0 bridgehead atoms. The Balaban J connectivity index is 1.79. The van der Waals surface area contributed by atoms with Crippen LogP contribution in [0.25, 0.3) is 0 Å². The molecule has 7 nitrogen and oxygen atoms in total. The predicted molar refractivity (Wildman–Crippen MR) is 80.8 cm³/mol. The van der Waals surface area contributed by atoms with Gasteiger partial charge in [0, 0.05) is 36.3 Å². The van der Waals surface area contributed by atoms with E-state index < -0.39 is 0 Å². The molecule has 2 N–H and O–H groups in total. The molecule has 1 fully saturated rings. The lowest BCUT2D eigenvalue weighted by Gasteiger charge is -2.31. The predicted octanol–water partition coefficient (Wildman–Crippen LogP) is 1.13. The average molecular weight is 301 g/mol. The number of piperidine rings is 1. The first-order valence-electron chi connectivity index (χ1n) is 7.42. The number of rotatable bonds is 2. The van der Waals surface area contributed by atoms with Gasteiger partial charge < -0.3 is 9.88 Å². The van der Waals surface area contributed by atoms with Gasteiger partial charge in [0.25, 0.3) is 5.91 Å². The van der Waals surface area contributed by atoms with Crippen LogP contribution in [0, 0.1) is 13.8 Å². The van der Waals surface area contributed by atoms with Crippen LogP contribution in [0.15, 0.2) is 16.9 Å². The molecular weight excluding hydrogens is 282 g/mol. The van der Waals surface area contributed by atoms with Crippen LogP contribution in [0.2, 0.25) is 0 Å². The third kappa shape index (κ3) is 2.93. The van der Waals surface area contributed by atoms with Gasteiger partial charge in [-0.05, 0) is 32.8 Å². The Morgan fingerprint density at radius 1 is 1.36 bits per heavy atom. The van der Waals surface area contributed by atoms with Gasteiger partial charge in [0.15, 0.2) is 5.82 Å². The van der Waals surface area contributed by atoms with Crippen molar-refractivity contribution in [2.45, 2.75) is 32.6 Å². The average Bonchev–Trinajstić information content (AvgIpc) is 2.92. The van der Waals surface area contributed by atoms with E-state index in [9.17, 15) is 9.59 Å². The van der Waals surface area contributed by atoms with Crippen molar-refractivity contribution >= 4 is 5.91 Å². The minimum absolute atomic E-state index is 0.105. The Labute approximate surface area is 127 Å². The molecule has 3 rings (SSSR count). The van der Waals surface area contributed by atoms with Gasteiger partial charge in [0.1, 0.15) is 5.82 Å². The molecule has 116 valence electrons. The fourth-order valence-corrected chi connectivity index (χ4v) is 2.90. The molecule has 0 saturated carbocycles. The van der Waals surface area contributed by atoms with Gasteiger partial charge in [-0.2, -0.15) is 5.10 Å². The number of H-pyrrole nitrogens is 2. The summed E-state index contributed by atoms with van der Waals surface area (Å²) in [6, 6.07) is 3.07. The van der Waals surface area contributed by atoms with Gasteiger partial charge >= 0.3 is 0 Å². The molecule has 1 aliphatic rings. The second kappa shape index (κ2) is 5.75. The summed E-state index contributed by atoms with van der Waals surface area (Å²) < 4.78 is 0. The van der Waals surface area contributed by atoms with E-state index in [2.05, 4.69) is 20.2 Å². The molecule has 0 radical (unpaired) electrons. The highest BCUT2D eigenvalue weighted by molar-refractivity contribution is 5.94. The molecule has 3 heterocycles. The molecule has 1 amide bonds. The second-order valence-electron chi connectivity index (χ2n) is 5.79. The molecule has 1 aliphatic heterocycles. The summed E-state index contributed by atoms with van der Waals surface area (Å²) in [5, 5.41) is 7.05. The maximum atomic E-state index is 12.6. The van der Waals surface area contributed by atoms with Crippen molar-refractivity contribution in [2.24, 2.45) is 0 Å². The SMILES string of the molecule is Cc1cc(C(=O)N2CCC[C@H](c3n[nH]c(C)n3)C2)cc(=O)[nH]1. The molecule has 1 atom stereocenters. The number of hydrogen-bond acceptors (Lipinski definition) is 4. The molecular formula is C15H19N5O2. The number of nitrogens with zero attached hydrogens (tertiary/aromatic N) is 3. The third-order valence-electron chi connectivity index (χ3n) is 3.91. The number of aromatic nitrogens is 4. The van der Waals surface area contributed by atoms with Crippen molar-refractivity contribution in [3.05, 3.63) is 45.4 Å². The van der Waals surface area contributed by atoms with E-state index in [1.165, 1.54) is 6.07 Å². The Morgan fingerprint density at radius 2 is 2.18 bits per heavy atom. The first kappa shape index (κ1) is 14.5. The first-order chi connectivity index (χ1) is 10.5. The number of likely N-dealkylation sites (tertiary alicyclic amines) is 1. The van der Waals surface area contributed by atoms with Crippen LogP contribution in [0.3, 0.4) is 0 Å². The number of aryl methyl sites for hydroxylation is 2. The van der Waals surface area contributed by atoms with Crippen LogP contribution in [-0.4, -0.2) is 44.1 Å². The van der Waals surface area contributed by atoms with Crippen molar-refractivity contribution in [1.82, 2.24) is 25.1 Å². The Bertz CT molecular complexity index is 748. The lowest BCUT2D eigenvalue weighted by molar-refractivity contribution is 0.0704. The lowest BCUT2D eigenvalue weighted by Crippen LogP contribution is -2.39. The second-order valence-corrected chi connectivity index (χ2v) is 5.79. The van der Waals surface area contributed by atoms with Crippen LogP contribution in [0.4, 0.5) is 0 Å². The van der Waals surface area contributed by atoms with Gasteiger partial charge in [-0.25, -0.2) is 4.98 Å². The van der Waals surface area contributed by atoms with Crippen LogP contribution in [0.1, 0.15) is 46.5 Å². The minimum Gasteiger partial charge on any atom is -0.338 e. The van der Waals surface area contributed by atoms with Gasteiger partial charge in [-0.3, -0.25) is 14.7 Å². The quantitative estimate of drug-likeness (QED) is 0.869. The standard InChI is InChI=1S/C15H19N5O2/c1-9-6-12(7-13(21)16-9)15(22)20-5-3-4-11(8-20)14-17-10(2)18-19-14/h6-7,11H,3-5,8H2,1-2H3,(H,16,21)(H,17,18,19)/t11-/m0/s1. The van der Waals surface area contributed by atoms with Crippen molar-refractivity contribution in [3.63, 3.8) is 0 Å². The summed E-state index contributed by atoms with van der Waals surface area (Å²) in [6.45, 7) is 4.92. The van der Waals surface area contributed by atoms with Crippen molar-refractivity contribution in [2.75, 3.05) is 13.1 Å². The summed E-state index contributed by atoms with van der Waals surface area (Å²) in [7, 11) is 0. The Kier molecular flexibility index (Phi) is 3.79. The van der Waals surface area contributed by atoms with E-state index in [-0.39, 0.29) is 17.4 Å². The van der Waals surface area contributed by atoms with E-state index in [1.54, 1.807) is 17.9 Å². The maximum absolute atomic E-state index is 12.6. The summed E-state index contributed by atoms with van der Waals surface area (Å²) in [6.07, 6.45) is 1.88. The number of nitrogens with one attached hydrogen (secondary N) is 2. The van der Waals surface area contributed by atoms with Crippen LogP contribution < -0.4 is 5.56 Å². The van der Waals surface area contributed by atoms with E-state index in [4.69, 9.17) is 0 Å². The largest absolute Gasteiger partial charge is 0.338 e. The fourth-order valence-electron chi connectivity index (χ4n) is 2.90. The lowest BCUT2D eigenvalue weighted by atomic mass is 9.96. The van der Waals surface area contributed by atoms with E-state index in [1.807, 2.05) is 6.92 Å². The summed E-state index contributed by atoms with van der Waals surface area (Å²) in [4.78, 5) is 33.0. The van der Waals surface area contributed by atoms with Crippen LogP contribution in [0.5, 0.6) is 0 Å². The minimum atomic E-state index is -0.249. The molecule has 2 aromatic rings. The summed E-state index contributed by atoms with van der Waals surface area (Å²) in [5.74, 6) is 1.58. The zero-order chi connectivity index (χ0) is 15.7. The third-order valence-corrected chi connectivity index (χ3v) is 3.91. The fraction of sp³-hybridized carbons (Fsp3) is 0.467. The Morgan fingerprint density at radius 3 is 2.86 bits per heavy atom. The molecule has 22 heavy (non-hydrogen) atoms. The first-order valence-corrected chi connectivity index (χ1v) is 7.42. The van der Waals surface area contributed by atoms with E-state index >= 15 is 0 Å². The highest BCUT2D eigenvalue weighted by atomic mass is 16.2. The van der Waals surface area contributed by atoms with Gasteiger partial charge in [0.2, 0.25) is 5.56 Å². The zero-order valence-corrected chi connectivity index (χ0v) is 12.7. The highest BCUT2D eigenvalue weighted by Gasteiger charge is 2.27. The summed E-state index contributed by atoms with van der Waals surface area (Å²) in [5.41, 5.74) is 0.878. The summed E-state index contributed by atoms with van der Waals surface area (Å²) >= 11 is 0. The van der Waals surface area contributed by atoms with Crippen LogP contribution >= 0.6 is 0 Å². The number of carbonyl (C=O) groups excluding carboxylic acids is 1. The number of pyridine rings is 1. The number of carbonyl (C=O) groups is 1. The van der Waals surface area contributed by atoms with Crippen molar-refractivity contribution < 1.29 is 4.79 Å². The smallest absolute Gasteiger partial charge is 0.254 e. The monoisotopic (exact) mass is 301 g/mol.